The van der Waals surface area contributed by atoms with E-state index in [4.69, 9.17) is 16.7 Å². The monoisotopic (exact) mass is 248 g/mol. The Morgan fingerprint density at radius 2 is 2.25 bits per heavy atom. The van der Waals surface area contributed by atoms with Crippen molar-refractivity contribution >= 4 is 33.5 Å². The maximum atomic E-state index is 10.5. The summed E-state index contributed by atoms with van der Waals surface area (Å²) in [6.45, 7) is 0. The molecule has 1 aromatic rings. The van der Waals surface area contributed by atoms with E-state index >= 15 is 0 Å². The van der Waals surface area contributed by atoms with Crippen molar-refractivity contribution in [2.75, 3.05) is 0 Å². The van der Waals surface area contributed by atoms with Gasteiger partial charge in [-0.15, -0.1) is 0 Å². The first-order valence-electron chi connectivity index (χ1n) is 3.23. The lowest BCUT2D eigenvalue weighted by atomic mass is 10.1. The summed E-state index contributed by atoms with van der Waals surface area (Å²) in [6.07, 6.45) is 0. The number of rotatable bonds is 2. The lowest BCUT2D eigenvalue weighted by Gasteiger charge is -2.00. The number of halogens is 2. The number of aromatic carboxylic acids is 1. The Balaban J connectivity index is 3.12. The SMILES string of the molecule is O=C(O)c1ccc(CBr)cc1Cl. The van der Waals surface area contributed by atoms with Gasteiger partial charge in [0, 0.05) is 5.33 Å². The van der Waals surface area contributed by atoms with Crippen molar-refractivity contribution in [2.24, 2.45) is 0 Å². The normalized spacial score (nSPS) is 9.83. The molecule has 0 aromatic heterocycles. The summed E-state index contributed by atoms with van der Waals surface area (Å²) in [5.74, 6) is -0.999. The predicted molar refractivity (Wildman–Crippen MR) is 51.0 cm³/mol. The molecule has 2 nitrogen and oxygen atoms in total. The molecule has 0 atom stereocenters. The highest BCUT2D eigenvalue weighted by atomic mass is 79.9. The summed E-state index contributed by atoms with van der Waals surface area (Å²) in [5, 5.41) is 9.58. The lowest BCUT2D eigenvalue weighted by Crippen LogP contribution is -1.97. The van der Waals surface area contributed by atoms with Crippen LogP contribution in [-0.2, 0) is 5.33 Å². The number of hydrogen-bond donors (Lipinski definition) is 1. The molecule has 0 aliphatic rings. The Bertz CT molecular complexity index is 312. The molecule has 0 radical (unpaired) electrons. The number of alkyl halides is 1. The Morgan fingerprint density at radius 1 is 1.58 bits per heavy atom. The zero-order valence-corrected chi connectivity index (χ0v) is 8.39. The largest absolute Gasteiger partial charge is 0.478 e. The van der Waals surface area contributed by atoms with Crippen molar-refractivity contribution in [3.8, 4) is 0 Å². The van der Waals surface area contributed by atoms with Gasteiger partial charge in [0.25, 0.3) is 0 Å². The first kappa shape index (κ1) is 9.55. The molecule has 0 aliphatic carbocycles. The van der Waals surface area contributed by atoms with Crippen LogP contribution in [0.2, 0.25) is 5.02 Å². The Labute approximate surface area is 83.3 Å². The van der Waals surface area contributed by atoms with Crippen molar-refractivity contribution in [1.82, 2.24) is 0 Å². The third kappa shape index (κ3) is 1.99. The van der Waals surface area contributed by atoms with E-state index in [1.165, 1.54) is 6.07 Å². The topological polar surface area (TPSA) is 37.3 Å². The highest BCUT2D eigenvalue weighted by molar-refractivity contribution is 9.08. The van der Waals surface area contributed by atoms with Crippen molar-refractivity contribution in [2.45, 2.75) is 5.33 Å². The van der Waals surface area contributed by atoms with E-state index < -0.39 is 5.97 Å². The van der Waals surface area contributed by atoms with E-state index in [-0.39, 0.29) is 10.6 Å². The van der Waals surface area contributed by atoms with Gasteiger partial charge in [-0.25, -0.2) is 4.79 Å². The van der Waals surface area contributed by atoms with Gasteiger partial charge >= 0.3 is 5.97 Å². The maximum absolute atomic E-state index is 10.5. The van der Waals surface area contributed by atoms with Gasteiger partial charge < -0.3 is 5.11 Å². The minimum Gasteiger partial charge on any atom is -0.478 e. The molecule has 0 saturated carbocycles. The van der Waals surface area contributed by atoms with Gasteiger partial charge in [0.15, 0.2) is 0 Å². The minimum atomic E-state index is -0.999. The second-order valence-corrected chi connectivity index (χ2v) is 3.22. The fourth-order valence-corrected chi connectivity index (χ4v) is 1.45. The van der Waals surface area contributed by atoms with E-state index in [0.717, 1.165) is 5.56 Å². The number of benzene rings is 1. The summed E-state index contributed by atoms with van der Waals surface area (Å²) >= 11 is 8.95. The van der Waals surface area contributed by atoms with Crippen molar-refractivity contribution in [3.63, 3.8) is 0 Å². The van der Waals surface area contributed by atoms with Gasteiger partial charge in [0.05, 0.1) is 10.6 Å². The molecule has 0 heterocycles. The predicted octanol–water partition coefficient (Wildman–Crippen LogP) is 2.93. The quantitative estimate of drug-likeness (QED) is 0.818. The minimum absolute atomic E-state index is 0.140. The molecule has 0 aliphatic heterocycles. The zero-order valence-electron chi connectivity index (χ0n) is 6.05. The molecule has 0 bridgehead atoms. The number of carboxylic acid groups (broad SMARTS) is 1. The van der Waals surface area contributed by atoms with Gasteiger partial charge in [0.2, 0.25) is 0 Å². The van der Waals surface area contributed by atoms with Crippen LogP contribution in [0.25, 0.3) is 0 Å². The third-order valence-corrected chi connectivity index (χ3v) is 2.38. The maximum Gasteiger partial charge on any atom is 0.337 e. The van der Waals surface area contributed by atoms with E-state index in [1.54, 1.807) is 12.1 Å². The Hall–Kier alpha value is -0.540. The van der Waals surface area contributed by atoms with Gasteiger partial charge in [-0.1, -0.05) is 33.6 Å². The molecule has 0 saturated heterocycles. The molecule has 1 rings (SSSR count). The first-order chi connectivity index (χ1) is 5.65. The molecule has 12 heavy (non-hydrogen) atoms. The smallest absolute Gasteiger partial charge is 0.337 e. The molecule has 64 valence electrons. The molecule has 1 aromatic carbocycles. The summed E-state index contributed by atoms with van der Waals surface area (Å²) in [7, 11) is 0. The number of carbonyl (C=O) groups is 1. The van der Waals surface area contributed by atoms with Gasteiger partial charge in [0.1, 0.15) is 0 Å². The van der Waals surface area contributed by atoms with Crippen LogP contribution in [0.15, 0.2) is 18.2 Å². The summed E-state index contributed by atoms with van der Waals surface area (Å²) < 4.78 is 0. The van der Waals surface area contributed by atoms with Gasteiger partial charge in [-0.2, -0.15) is 0 Å². The number of hydrogen-bond acceptors (Lipinski definition) is 1. The molecule has 0 spiro atoms. The van der Waals surface area contributed by atoms with E-state index in [9.17, 15) is 4.79 Å². The average molecular weight is 249 g/mol. The Morgan fingerprint density at radius 3 is 2.67 bits per heavy atom. The molecule has 4 heteroatoms. The van der Waals surface area contributed by atoms with Crippen LogP contribution in [-0.4, -0.2) is 11.1 Å². The van der Waals surface area contributed by atoms with Crippen molar-refractivity contribution in [1.29, 1.82) is 0 Å². The van der Waals surface area contributed by atoms with Crippen LogP contribution < -0.4 is 0 Å². The molecule has 0 fully saturated rings. The van der Waals surface area contributed by atoms with Crippen LogP contribution >= 0.6 is 27.5 Å². The van der Waals surface area contributed by atoms with Crippen LogP contribution in [0, 0.1) is 0 Å². The molecular weight excluding hydrogens is 243 g/mol. The fraction of sp³-hybridized carbons (Fsp3) is 0.125. The van der Waals surface area contributed by atoms with Crippen LogP contribution in [0.3, 0.4) is 0 Å². The lowest BCUT2D eigenvalue weighted by molar-refractivity contribution is 0.0697. The first-order valence-corrected chi connectivity index (χ1v) is 4.72. The van der Waals surface area contributed by atoms with E-state index in [2.05, 4.69) is 15.9 Å². The van der Waals surface area contributed by atoms with Gasteiger partial charge in [-0.05, 0) is 17.7 Å². The standard InChI is InChI=1S/C8H6BrClO2/c9-4-5-1-2-6(8(11)12)7(10)3-5/h1-3H,4H2,(H,11,12). The van der Waals surface area contributed by atoms with Crippen molar-refractivity contribution < 1.29 is 9.90 Å². The summed E-state index contributed by atoms with van der Waals surface area (Å²) in [4.78, 5) is 10.5. The molecular formula is C8H6BrClO2. The second-order valence-electron chi connectivity index (χ2n) is 2.25. The highest BCUT2D eigenvalue weighted by Crippen LogP contribution is 2.19. The molecule has 0 unspecified atom stereocenters. The highest BCUT2D eigenvalue weighted by Gasteiger charge is 2.07. The van der Waals surface area contributed by atoms with Crippen LogP contribution in [0.4, 0.5) is 0 Å². The number of carboxylic acids is 1. The molecule has 1 N–H and O–H groups in total. The van der Waals surface area contributed by atoms with Crippen molar-refractivity contribution in [3.05, 3.63) is 34.3 Å². The fourth-order valence-electron chi connectivity index (χ4n) is 0.815. The molecule has 0 amide bonds. The zero-order chi connectivity index (χ0) is 9.14. The Kier molecular flexibility index (Phi) is 3.12. The summed E-state index contributed by atoms with van der Waals surface area (Å²) in [6, 6.07) is 4.87. The second kappa shape index (κ2) is 3.92. The van der Waals surface area contributed by atoms with E-state index in [1.807, 2.05) is 0 Å². The van der Waals surface area contributed by atoms with E-state index in [0.29, 0.717) is 5.33 Å². The third-order valence-electron chi connectivity index (χ3n) is 1.42. The average Bonchev–Trinajstić information content (AvgIpc) is 2.03. The van der Waals surface area contributed by atoms with Crippen LogP contribution in [0.5, 0.6) is 0 Å². The van der Waals surface area contributed by atoms with Gasteiger partial charge in [-0.3, -0.25) is 0 Å². The summed E-state index contributed by atoms with van der Waals surface area (Å²) in [5.41, 5.74) is 1.10. The van der Waals surface area contributed by atoms with Crippen LogP contribution in [0.1, 0.15) is 15.9 Å².